The van der Waals surface area contributed by atoms with Crippen molar-refractivity contribution in [3.63, 3.8) is 0 Å². The number of carbonyl (C=O) groups is 2. The fraction of sp³-hybridized carbons (Fsp3) is 0.273. The quantitative estimate of drug-likeness (QED) is 0.540. The summed E-state index contributed by atoms with van der Waals surface area (Å²) in [5.74, 6) is -3.43. The van der Waals surface area contributed by atoms with E-state index < -0.39 is 29.0 Å². The van der Waals surface area contributed by atoms with Crippen molar-refractivity contribution < 1.29 is 23.1 Å². The van der Waals surface area contributed by atoms with Crippen LogP contribution in [0.15, 0.2) is 18.2 Å². The summed E-state index contributed by atoms with van der Waals surface area (Å²) in [4.78, 5) is 22.4. The van der Waals surface area contributed by atoms with Gasteiger partial charge in [-0.2, -0.15) is 0 Å². The van der Waals surface area contributed by atoms with Crippen LogP contribution in [0.2, 0.25) is 0 Å². The van der Waals surface area contributed by atoms with Gasteiger partial charge in [0.05, 0.1) is 6.42 Å². The molecule has 0 radical (unpaired) electrons. The smallest absolute Gasteiger partial charge is 0.324 e. The Kier molecular flexibility index (Phi) is 2.26. The largest absolute Gasteiger partial charge is 0.392 e. The summed E-state index contributed by atoms with van der Waals surface area (Å²) in [5.41, 5.74) is -0.978. The van der Waals surface area contributed by atoms with E-state index in [0.717, 1.165) is 12.1 Å². The van der Waals surface area contributed by atoms with E-state index in [4.69, 9.17) is 0 Å². The first-order valence-corrected chi connectivity index (χ1v) is 4.64. The standard InChI is InChI=1S/C11H8F2O3/c1-11(5-9(14)16-10(11)15)6-2-3-7(12)8(13)4-6/h2-4H,5H2,1H3. The Morgan fingerprint density at radius 3 is 2.44 bits per heavy atom. The van der Waals surface area contributed by atoms with Crippen LogP contribution in [0.3, 0.4) is 0 Å². The lowest BCUT2D eigenvalue weighted by Crippen LogP contribution is -2.27. The van der Waals surface area contributed by atoms with Crippen molar-refractivity contribution in [2.45, 2.75) is 18.8 Å². The van der Waals surface area contributed by atoms with Gasteiger partial charge in [0.25, 0.3) is 0 Å². The molecule has 1 unspecified atom stereocenters. The van der Waals surface area contributed by atoms with Gasteiger partial charge in [0, 0.05) is 0 Å². The predicted molar refractivity (Wildman–Crippen MR) is 49.4 cm³/mol. The molecule has 5 heteroatoms. The normalized spacial score (nSPS) is 24.7. The minimum atomic E-state index is -1.22. The molecule has 3 nitrogen and oxygen atoms in total. The van der Waals surface area contributed by atoms with Crippen LogP contribution in [0.5, 0.6) is 0 Å². The summed E-state index contributed by atoms with van der Waals surface area (Å²) < 4.78 is 30.1. The Balaban J connectivity index is 2.47. The topological polar surface area (TPSA) is 43.4 Å². The molecule has 1 aromatic rings. The van der Waals surface area contributed by atoms with E-state index in [0.29, 0.717) is 0 Å². The average Bonchev–Trinajstić information content (AvgIpc) is 2.46. The average molecular weight is 226 g/mol. The molecule has 1 aromatic carbocycles. The maximum atomic E-state index is 13.0. The molecular formula is C11H8F2O3. The Labute approximate surface area is 90.0 Å². The highest BCUT2D eigenvalue weighted by Gasteiger charge is 2.46. The maximum Gasteiger partial charge on any atom is 0.324 e. The number of hydrogen-bond acceptors (Lipinski definition) is 3. The molecule has 0 spiro atoms. The lowest BCUT2D eigenvalue weighted by molar-refractivity contribution is -0.153. The molecule has 1 aliphatic heterocycles. The minimum Gasteiger partial charge on any atom is -0.392 e. The molecule has 16 heavy (non-hydrogen) atoms. The molecule has 0 amide bonds. The van der Waals surface area contributed by atoms with E-state index in [9.17, 15) is 18.4 Å². The Morgan fingerprint density at radius 1 is 1.25 bits per heavy atom. The number of ether oxygens (including phenoxy) is 1. The van der Waals surface area contributed by atoms with E-state index in [-0.39, 0.29) is 12.0 Å². The molecule has 1 aliphatic rings. The van der Waals surface area contributed by atoms with Crippen molar-refractivity contribution in [1.82, 2.24) is 0 Å². The van der Waals surface area contributed by atoms with Crippen LogP contribution in [-0.4, -0.2) is 11.9 Å². The van der Waals surface area contributed by atoms with E-state index in [2.05, 4.69) is 4.74 Å². The fourth-order valence-electron chi connectivity index (χ4n) is 1.67. The molecule has 84 valence electrons. The number of halogens is 2. The highest BCUT2D eigenvalue weighted by Crippen LogP contribution is 2.35. The van der Waals surface area contributed by atoms with Crippen LogP contribution in [0.1, 0.15) is 18.9 Å². The second-order valence-corrected chi connectivity index (χ2v) is 3.90. The van der Waals surface area contributed by atoms with Crippen LogP contribution in [0, 0.1) is 11.6 Å². The first-order valence-electron chi connectivity index (χ1n) is 4.64. The van der Waals surface area contributed by atoms with Crippen molar-refractivity contribution in [1.29, 1.82) is 0 Å². The molecule has 0 bridgehead atoms. The van der Waals surface area contributed by atoms with Gasteiger partial charge in [-0.15, -0.1) is 0 Å². The zero-order valence-corrected chi connectivity index (χ0v) is 8.42. The van der Waals surface area contributed by atoms with Crippen LogP contribution >= 0.6 is 0 Å². The summed E-state index contributed by atoms with van der Waals surface area (Å²) in [6.07, 6.45) is -0.156. The van der Waals surface area contributed by atoms with Crippen molar-refractivity contribution in [2.24, 2.45) is 0 Å². The van der Waals surface area contributed by atoms with Gasteiger partial charge in [-0.05, 0) is 24.6 Å². The van der Waals surface area contributed by atoms with Crippen molar-refractivity contribution in [2.75, 3.05) is 0 Å². The Morgan fingerprint density at radius 2 is 1.94 bits per heavy atom. The molecule has 2 rings (SSSR count). The van der Waals surface area contributed by atoms with E-state index in [1.54, 1.807) is 0 Å². The molecule has 0 saturated carbocycles. The first-order chi connectivity index (χ1) is 7.43. The molecule has 1 atom stereocenters. The number of cyclic esters (lactones) is 2. The molecular weight excluding hydrogens is 218 g/mol. The van der Waals surface area contributed by atoms with Crippen molar-refractivity contribution >= 4 is 11.9 Å². The molecule has 1 heterocycles. The van der Waals surface area contributed by atoms with Crippen molar-refractivity contribution in [3.8, 4) is 0 Å². The van der Waals surface area contributed by atoms with Gasteiger partial charge in [0.1, 0.15) is 5.41 Å². The summed E-state index contributed by atoms with van der Waals surface area (Å²) in [6, 6.07) is 3.11. The monoisotopic (exact) mass is 226 g/mol. The molecule has 1 fully saturated rings. The van der Waals surface area contributed by atoms with Crippen molar-refractivity contribution in [3.05, 3.63) is 35.4 Å². The van der Waals surface area contributed by atoms with Gasteiger partial charge in [0.15, 0.2) is 11.6 Å². The predicted octanol–water partition coefficient (Wildman–Crippen LogP) is 1.70. The van der Waals surface area contributed by atoms with E-state index in [1.165, 1.54) is 13.0 Å². The maximum absolute atomic E-state index is 13.0. The minimum absolute atomic E-state index is 0.156. The second-order valence-electron chi connectivity index (χ2n) is 3.90. The van der Waals surface area contributed by atoms with Gasteiger partial charge in [-0.3, -0.25) is 9.59 Å². The number of hydrogen-bond donors (Lipinski definition) is 0. The van der Waals surface area contributed by atoms with E-state index in [1.807, 2.05) is 0 Å². The number of rotatable bonds is 1. The third-order valence-electron chi connectivity index (χ3n) is 2.71. The lowest BCUT2D eigenvalue weighted by Gasteiger charge is -2.18. The Bertz CT molecular complexity index is 484. The van der Waals surface area contributed by atoms with Crippen LogP contribution < -0.4 is 0 Å². The van der Waals surface area contributed by atoms with Crippen LogP contribution in [0.25, 0.3) is 0 Å². The second kappa shape index (κ2) is 3.37. The number of esters is 2. The fourth-order valence-corrected chi connectivity index (χ4v) is 1.67. The van der Waals surface area contributed by atoms with Crippen LogP contribution in [0.4, 0.5) is 8.78 Å². The summed E-state index contributed by atoms with van der Waals surface area (Å²) >= 11 is 0. The molecule has 1 saturated heterocycles. The third-order valence-corrected chi connectivity index (χ3v) is 2.71. The lowest BCUT2D eigenvalue weighted by atomic mass is 9.81. The van der Waals surface area contributed by atoms with E-state index >= 15 is 0 Å². The highest BCUT2D eigenvalue weighted by molar-refractivity contribution is 6.00. The van der Waals surface area contributed by atoms with Gasteiger partial charge in [0.2, 0.25) is 0 Å². The summed E-state index contributed by atoms with van der Waals surface area (Å²) in [7, 11) is 0. The third kappa shape index (κ3) is 1.48. The Hall–Kier alpha value is -1.78. The van der Waals surface area contributed by atoms with Gasteiger partial charge < -0.3 is 4.74 Å². The molecule has 0 aromatic heterocycles. The summed E-state index contributed by atoms with van der Waals surface area (Å²) in [6.45, 7) is 1.47. The van der Waals surface area contributed by atoms with Crippen LogP contribution in [-0.2, 0) is 19.7 Å². The number of benzene rings is 1. The summed E-state index contributed by atoms with van der Waals surface area (Å²) in [5, 5.41) is 0. The van der Waals surface area contributed by atoms with Gasteiger partial charge in [-0.1, -0.05) is 6.07 Å². The van der Waals surface area contributed by atoms with Gasteiger partial charge in [-0.25, -0.2) is 8.78 Å². The number of carbonyl (C=O) groups excluding carboxylic acids is 2. The molecule has 0 aliphatic carbocycles. The zero-order valence-electron chi connectivity index (χ0n) is 8.42. The molecule has 0 N–H and O–H groups in total. The SMILES string of the molecule is CC1(c2ccc(F)c(F)c2)CC(=O)OC1=O. The first kappa shape index (κ1) is 10.7. The zero-order chi connectivity index (χ0) is 11.9. The van der Waals surface area contributed by atoms with Gasteiger partial charge >= 0.3 is 11.9 Å². The highest BCUT2D eigenvalue weighted by atomic mass is 19.2.